The fraction of sp³-hybridized carbons (Fsp3) is 0.400. The molecule has 1 fully saturated rings. The topological polar surface area (TPSA) is 237 Å². The van der Waals surface area contributed by atoms with Crippen molar-refractivity contribution in [2.75, 3.05) is 12.3 Å². The minimum Gasteiger partial charge on any atom is -0.479 e. The molecule has 168 valence electrons. The van der Waals surface area contributed by atoms with Gasteiger partial charge in [-0.3, -0.25) is 19.2 Å². The molecule has 2 atom stereocenters. The SMILES string of the molecule is CC(C)(O/N=C(\C(=O)NC1C(=O)N(OCC(=O)O)C1C(N)=O)c1csc(N)n1)C(=O)O. The Morgan fingerprint density at radius 1 is 1.35 bits per heavy atom. The summed E-state index contributed by atoms with van der Waals surface area (Å²) in [5, 5.41) is 25.3. The third-order valence-electron chi connectivity index (χ3n) is 3.82. The largest absolute Gasteiger partial charge is 0.479 e. The molecule has 1 aliphatic rings. The minimum atomic E-state index is -1.81. The van der Waals surface area contributed by atoms with Crippen molar-refractivity contribution in [3.63, 3.8) is 0 Å². The first-order valence-corrected chi connectivity index (χ1v) is 9.22. The highest BCUT2D eigenvalue weighted by Gasteiger charge is 2.53. The van der Waals surface area contributed by atoms with E-state index in [0.29, 0.717) is 5.06 Å². The van der Waals surface area contributed by atoms with E-state index >= 15 is 0 Å². The van der Waals surface area contributed by atoms with Crippen LogP contribution >= 0.6 is 11.3 Å². The second-order valence-electron chi connectivity index (χ2n) is 6.55. The Balaban J connectivity index is 2.25. The molecule has 2 rings (SSSR count). The maximum atomic E-state index is 12.7. The van der Waals surface area contributed by atoms with Crippen LogP contribution in [0.2, 0.25) is 0 Å². The normalized spacial score (nSPS) is 18.8. The maximum Gasteiger partial charge on any atom is 0.350 e. The highest BCUT2D eigenvalue weighted by molar-refractivity contribution is 7.13. The summed E-state index contributed by atoms with van der Waals surface area (Å²) in [6.07, 6.45) is 0. The van der Waals surface area contributed by atoms with Crippen molar-refractivity contribution >= 4 is 51.8 Å². The van der Waals surface area contributed by atoms with Crippen LogP contribution in [0.5, 0.6) is 0 Å². The lowest BCUT2D eigenvalue weighted by Gasteiger charge is -2.43. The molecule has 1 aromatic heterocycles. The second-order valence-corrected chi connectivity index (χ2v) is 7.44. The summed E-state index contributed by atoms with van der Waals surface area (Å²) in [6.45, 7) is 1.44. The van der Waals surface area contributed by atoms with Crippen LogP contribution in [0.25, 0.3) is 0 Å². The molecule has 3 amide bonds. The van der Waals surface area contributed by atoms with E-state index in [9.17, 15) is 24.0 Å². The van der Waals surface area contributed by atoms with Gasteiger partial charge in [0, 0.05) is 5.38 Å². The van der Waals surface area contributed by atoms with Crippen LogP contribution in [0.15, 0.2) is 10.5 Å². The number of nitrogens with zero attached hydrogens (tertiary/aromatic N) is 3. The quantitative estimate of drug-likeness (QED) is 0.139. The predicted octanol–water partition coefficient (Wildman–Crippen LogP) is -2.49. The van der Waals surface area contributed by atoms with E-state index in [1.165, 1.54) is 19.2 Å². The molecule has 2 unspecified atom stereocenters. The molecule has 16 heteroatoms. The molecule has 0 aromatic carbocycles. The number of carbonyl (C=O) groups is 5. The van der Waals surface area contributed by atoms with Crippen LogP contribution in [0.1, 0.15) is 19.5 Å². The van der Waals surface area contributed by atoms with Gasteiger partial charge in [0.15, 0.2) is 23.5 Å². The molecular weight excluding hydrogens is 440 g/mol. The Kier molecular flexibility index (Phi) is 6.76. The average Bonchev–Trinajstić information content (AvgIpc) is 3.08. The molecule has 31 heavy (non-hydrogen) atoms. The van der Waals surface area contributed by atoms with Crippen molar-refractivity contribution in [2.24, 2.45) is 10.9 Å². The first kappa shape index (κ1) is 23.5. The van der Waals surface area contributed by atoms with Gasteiger partial charge in [-0.15, -0.1) is 11.3 Å². The number of rotatable bonds is 10. The van der Waals surface area contributed by atoms with Gasteiger partial charge in [-0.05, 0) is 13.8 Å². The van der Waals surface area contributed by atoms with E-state index in [1.54, 1.807) is 0 Å². The van der Waals surface area contributed by atoms with E-state index in [2.05, 4.69) is 20.3 Å². The van der Waals surface area contributed by atoms with E-state index in [-0.39, 0.29) is 10.8 Å². The number of hydroxylamine groups is 2. The number of aromatic nitrogens is 1. The number of amides is 3. The lowest BCUT2D eigenvalue weighted by atomic mass is 9.97. The molecule has 0 radical (unpaired) electrons. The number of nitrogens with two attached hydrogens (primary N) is 2. The van der Waals surface area contributed by atoms with E-state index in [0.717, 1.165) is 11.3 Å². The Morgan fingerprint density at radius 2 is 2.00 bits per heavy atom. The van der Waals surface area contributed by atoms with Gasteiger partial charge in [0.1, 0.15) is 11.7 Å². The number of anilines is 1. The van der Waals surface area contributed by atoms with E-state index in [4.69, 9.17) is 26.5 Å². The van der Waals surface area contributed by atoms with Crippen LogP contribution < -0.4 is 16.8 Å². The van der Waals surface area contributed by atoms with Crippen molar-refractivity contribution in [1.82, 2.24) is 15.4 Å². The number of nitrogens with one attached hydrogen (secondary N) is 1. The van der Waals surface area contributed by atoms with Gasteiger partial charge in [-0.1, -0.05) is 5.16 Å². The summed E-state index contributed by atoms with van der Waals surface area (Å²) in [4.78, 5) is 71.9. The highest BCUT2D eigenvalue weighted by Crippen LogP contribution is 2.21. The number of carboxylic acids is 2. The van der Waals surface area contributed by atoms with E-state index in [1.807, 2.05) is 0 Å². The van der Waals surface area contributed by atoms with Crippen molar-refractivity contribution in [2.45, 2.75) is 31.5 Å². The summed E-state index contributed by atoms with van der Waals surface area (Å²) in [5.41, 5.74) is 8.33. The van der Waals surface area contributed by atoms with Gasteiger partial charge in [0.05, 0.1) is 0 Å². The van der Waals surface area contributed by atoms with Crippen molar-refractivity contribution in [1.29, 1.82) is 0 Å². The van der Waals surface area contributed by atoms with Gasteiger partial charge in [0.25, 0.3) is 11.8 Å². The molecule has 1 aromatic rings. The number of nitrogen functional groups attached to an aromatic ring is 1. The number of hydrogen-bond donors (Lipinski definition) is 5. The van der Waals surface area contributed by atoms with Gasteiger partial charge < -0.3 is 31.8 Å². The maximum absolute atomic E-state index is 12.7. The zero-order chi connectivity index (χ0) is 23.5. The first-order chi connectivity index (χ1) is 14.3. The number of hydrogen-bond acceptors (Lipinski definition) is 11. The van der Waals surface area contributed by atoms with Crippen LogP contribution in [0.3, 0.4) is 0 Å². The summed E-state index contributed by atoms with van der Waals surface area (Å²) >= 11 is 0.953. The molecule has 7 N–H and O–H groups in total. The Labute approximate surface area is 177 Å². The summed E-state index contributed by atoms with van der Waals surface area (Å²) < 4.78 is 0. The fourth-order valence-corrected chi connectivity index (χ4v) is 2.71. The fourth-order valence-electron chi connectivity index (χ4n) is 2.16. The third kappa shape index (κ3) is 5.23. The molecule has 2 heterocycles. The number of oxime groups is 1. The van der Waals surface area contributed by atoms with Crippen LogP contribution in [-0.4, -0.2) is 79.9 Å². The van der Waals surface area contributed by atoms with Crippen molar-refractivity contribution < 1.29 is 43.9 Å². The van der Waals surface area contributed by atoms with Gasteiger partial charge in [-0.2, -0.15) is 0 Å². The smallest absolute Gasteiger partial charge is 0.350 e. The predicted molar refractivity (Wildman–Crippen MR) is 101 cm³/mol. The monoisotopic (exact) mass is 458 g/mol. The average molecular weight is 458 g/mol. The number of carbonyl (C=O) groups excluding carboxylic acids is 3. The molecule has 0 saturated carbocycles. The summed E-state index contributed by atoms with van der Waals surface area (Å²) in [6, 6.07) is -2.98. The lowest BCUT2D eigenvalue weighted by Crippen LogP contribution is -2.74. The molecule has 0 aliphatic carbocycles. The Hall–Kier alpha value is -3.79. The number of primary amides is 1. The first-order valence-electron chi connectivity index (χ1n) is 8.34. The van der Waals surface area contributed by atoms with Gasteiger partial charge in [-0.25, -0.2) is 19.6 Å². The molecule has 1 saturated heterocycles. The van der Waals surface area contributed by atoms with Gasteiger partial charge in [0.2, 0.25) is 11.5 Å². The number of β-lactam (4-membered cyclic amide) rings is 1. The minimum absolute atomic E-state index is 0.0657. The molecular formula is C15H18N6O9S. The van der Waals surface area contributed by atoms with Crippen LogP contribution in [-0.2, 0) is 33.6 Å². The molecule has 0 spiro atoms. The summed E-state index contributed by atoms with van der Waals surface area (Å²) in [7, 11) is 0. The third-order valence-corrected chi connectivity index (χ3v) is 4.49. The zero-order valence-corrected chi connectivity index (χ0v) is 16.9. The van der Waals surface area contributed by atoms with E-state index < -0.39 is 59.7 Å². The Morgan fingerprint density at radius 3 is 2.48 bits per heavy atom. The second kappa shape index (κ2) is 8.92. The molecule has 1 aliphatic heterocycles. The zero-order valence-electron chi connectivity index (χ0n) is 16.1. The van der Waals surface area contributed by atoms with Gasteiger partial charge >= 0.3 is 11.9 Å². The standard InChI is InChI=1S/C15H18N6O9S/c1-15(2,13(27)28)30-20-7(5-4-31-14(17)18-5)11(25)19-8-9(10(16)24)21(12(8)26)29-3-6(22)23/h4,8-9H,3H2,1-2H3,(H2,16,24)(H2,17,18)(H,19,25)(H,22,23)(H,27,28)/b20-7-. The molecule has 15 nitrogen and oxygen atoms in total. The number of aliphatic carboxylic acids is 2. The van der Waals surface area contributed by atoms with Crippen molar-refractivity contribution in [3.05, 3.63) is 11.1 Å². The summed E-state index contributed by atoms with van der Waals surface area (Å²) in [5.74, 6) is -5.86. The number of carboxylic acid groups (broad SMARTS) is 2. The molecule has 0 bridgehead atoms. The van der Waals surface area contributed by atoms with Crippen LogP contribution in [0, 0.1) is 0 Å². The highest BCUT2D eigenvalue weighted by atomic mass is 32.1. The van der Waals surface area contributed by atoms with Crippen LogP contribution in [0.4, 0.5) is 5.13 Å². The Bertz CT molecular complexity index is 959. The lowest BCUT2D eigenvalue weighted by molar-refractivity contribution is -0.234. The van der Waals surface area contributed by atoms with Crippen molar-refractivity contribution in [3.8, 4) is 0 Å². The number of thiazole rings is 1.